The first-order valence-electron chi connectivity index (χ1n) is 4.77. The first kappa shape index (κ1) is 10.8. The number of carbonyl (C=O) groups excluding carboxylic acids is 1. The van der Waals surface area contributed by atoms with Crippen LogP contribution in [0.2, 0.25) is 0 Å². The Bertz CT molecular complexity index is 318. The van der Waals surface area contributed by atoms with Crippen molar-refractivity contribution in [2.75, 3.05) is 7.11 Å². The number of ether oxygens (including phenoxy) is 1. The zero-order valence-electron chi connectivity index (χ0n) is 8.91. The van der Waals surface area contributed by atoms with Crippen LogP contribution in [0.4, 0.5) is 0 Å². The van der Waals surface area contributed by atoms with Gasteiger partial charge in [0.1, 0.15) is 11.5 Å². The van der Waals surface area contributed by atoms with Crippen LogP contribution < -0.4 is 4.74 Å². The minimum Gasteiger partial charge on any atom is -0.496 e. The second-order valence-corrected chi connectivity index (χ2v) is 3.53. The van der Waals surface area contributed by atoms with Crippen LogP contribution in [-0.4, -0.2) is 12.9 Å². The summed E-state index contributed by atoms with van der Waals surface area (Å²) in [5, 5.41) is 0. The summed E-state index contributed by atoms with van der Waals surface area (Å²) >= 11 is 0. The number of rotatable bonds is 4. The van der Waals surface area contributed by atoms with E-state index < -0.39 is 0 Å². The molecule has 14 heavy (non-hydrogen) atoms. The van der Waals surface area contributed by atoms with Crippen LogP contribution in [0.1, 0.15) is 19.4 Å². The van der Waals surface area contributed by atoms with Gasteiger partial charge >= 0.3 is 0 Å². The van der Waals surface area contributed by atoms with Crippen LogP contribution in [0.15, 0.2) is 24.3 Å². The van der Waals surface area contributed by atoms with Crippen molar-refractivity contribution in [1.82, 2.24) is 0 Å². The largest absolute Gasteiger partial charge is 0.496 e. The summed E-state index contributed by atoms with van der Waals surface area (Å²) in [6, 6.07) is 7.81. The molecule has 0 aliphatic heterocycles. The maximum Gasteiger partial charge on any atom is 0.132 e. The van der Waals surface area contributed by atoms with E-state index in [2.05, 4.69) is 0 Å². The summed E-state index contributed by atoms with van der Waals surface area (Å²) in [5.41, 5.74) is 1.10. The molecule has 2 nitrogen and oxygen atoms in total. The standard InChI is InChI=1S/C12H16O2/c1-9(10(2)13)8-11-6-4-5-7-12(11)14-3/h4-7,9H,8H2,1-3H3. The molecule has 0 heterocycles. The van der Waals surface area contributed by atoms with Crippen molar-refractivity contribution in [3.8, 4) is 5.75 Å². The molecule has 0 aliphatic rings. The Balaban J connectivity index is 2.80. The van der Waals surface area contributed by atoms with Gasteiger partial charge in [0.15, 0.2) is 0 Å². The summed E-state index contributed by atoms with van der Waals surface area (Å²) in [4.78, 5) is 11.1. The molecule has 0 aliphatic carbocycles. The monoisotopic (exact) mass is 192 g/mol. The molecule has 1 atom stereocenters. The van der Waals surface area contributed by atoms with Gasteiger partial charge in [-0.05, 0) is 25.0 Å². The normalized spacial score (nSPS) is 12.2. The minimum absolute atomic E-state index is 0.0614. The number of ketones is 1. The van der Waals surface area contributed by atoms with E-state index in [1.807, 2.05) is 31.2 Å². The topological polar surface area (TPSA) is 26.3 Å². The molecule has 76 valence electrons. The van der Waals surface area contributed by atoms with E-state index in [-0.39, 0.29) is 11.7 Å². The molecule has 1 aromatic carbocycles. The van der Waals surface area contributed by atoms with Crippen LogP contribution in [0.3, 0.4) is 0 Å². The molecule has 1 aromatic rings. The molecule has 0 spiro atoms. The Morgan fingerprint density at radius 2 is 2.07 bits per heavy atom. The minimum atomic E-state index is 0.0614. The van der Waals surface area contributed by atoms with Crippen molar-refractivity contribution in [3.63, 3.8) is 0 Å². The van der Waals surface area contributed by atoms with Crippen molar-refractivity contribution >= 4 is 5.78 Å². The molecule has 1 unspecified atom stereocenters. The fourth-order valence-corrected chi connectivity index (χ4v) is 1.35. The summed E-state index contributed by atoms with van der Waals surface area (Å²) in [7, 11) is 1.65. The predicted molar refractivity (Wildman–Crippen MR) is 56.5 cm³/mol. The fraction of sp³-hybridized carbons (Fsp3) is 0.417. The Kier molecular flexibility index (Phi) is 3.69. The van der Waals surface area contributed by atoms with Crippen LogP contribution >= 0.6 is 0 Å². The third-order valence-corrected chi connectivity index (χ3v) is 2.41. The number of hydrogen-bond acceptors (Lipinski definition) is 2. The van der Waals surface area contributed by atoms with Crippen LogP contribution in [0, 0.1) is 5.92 Å². The lowest BCUT2D eigenvalue weighted by molar-refractivity contribution is -0.120. The Labute approximate surface area is 84.9 Å². The molecular weight excluding hydrogens is 176 g/mol. The molecule has 0 saturated heterocycles. The van der Waals surface area contributed by atoms with Crippen LogP contribution in [0.25, 0.3) is 0 Å². The van der Waals surface area contributed by atoms with Crippen molar-refractivity contribution in [3.05, 3.63) is 29.8 Å². The van der Waals surface area contributed by atoms with Crippen molar-refractivity contribution < 1.29 is 9.53 Å². The highest BCUT2D eigenvalue weighted by Gasteiger charge is 2.11. The van der Waals surface area contributed by atoms with Gasteiger partial charge in [-0.2, -0.15) is 0 Å². The molecule has 1 rings (SSSR count). The van der Waals surface area contributed by atoms with E-state index >= 15 is 0 Å². The molecule has 0 radical (unpaired) electrons. The second kappa shape index (κ2) is 4.80. The molecule has 0 saturated carbocycles. The third kappa shape index (κ3) is 2.59. The van der Waals surface area contributed by atoms with Crippen LogP contribution in [-0.2, 0) is 11.2 Å². The zero-order valence-corrected chi connectivity index (χ0v) is 8.91. The fourth-order valence-electron chi connectivity index (χ4n) is 1.35. The predicted octanol–water partition coefficient (Wildman–Crippen LogP) is 2.46. The Morgan fingerprint density at radius 1 is 1.43 bits per heavy atom. The maximum atomic E-state index is 11.1. The highest BCUT2D eigenvalue weighted by Crippen LogP contribution is 2.20. The first-order chi connectivity index (χ1) is 6.65. The highest BCUT2D eigenvalue weighted by atomic mass is 16.5. The average molecular weight is 192 g/mol. The van der Waals surface area contributed by atoms with Crippen LogP contribution in [0.5, 0.6) is 5.75 Å². The number of benzene rings is 1. The summed E-state index contributed by atoms with van der Waals surface area (Å²) in [6.45, 7) is 3.56. The third-order valence-electron chi connectivity index (χ3n) is 2.41. The van der Waals surface area contributed by atoms with Gasteiger partial charge in [0.05, 0.1) is 7.11 Å². The Hall–Kier alpha value is -1.31. The van der Waals surface area contributed by atoms with E-state index in [1.54, 1.807) is 14.0 Å². The number of methoxy groups -OCH3 is 1. The Morgan fingerprint density at radius 3 is 2.64 bits per heavy atom. The van der Waals surface area contributed by atoms with Gasteiger partial charge in [-0.15, -0.1) is 0 Å². The van der Waals surface area contributed by atoms with Gasteiger partial charge in [-0.1, -0.05) is 25.1 Å². The molecule has 0 bridgehead atoms. The van der Waals surface area contributed by atoms with Gasteiger partial charge in [-0.25, -0.2) is 0 Å². The first-order valence-corrected chi connectivity index (χ1v) is 4.77. The summed E-state index contributed by atoms with van der Waals surface area (Å²) in [6.07, 6.45) is 0.749. The summed E-state index contributed by atoms with van der Waals surface area (Å²) in [5.74, 6) is 1.14. The van der Waals surface area contributed by atoms with Gasteiger partial charge in [0.2, 0.25) is 0 Å². The zero-order chi connectivity index (χ0) is 10.6. The lowest BCUT2D eigenvalue weighted by atomic mass is 9.97. The number of para-hydroxylation sites is 1. The lowest BCUT2D eigenvalue weighted by Crippen LogP contribution is -2.10. The molecule has 0 amide bonds. The average Bonchev–Trinajstić information content (AvgIpc) is 2.18. The van der Waals surface area contributed by atoms with Crippen molar-refractivity contribution in [2.45, 2.75) is 20.3 Å². The van der Waals surface area contributed by atoms with Gasteiger partial charge in [0.25, 0.3) is 0 Å². The van der Waals surface area contributed by atoms with Gasteiger partial charge < -0.3 is 4.74 Å². The van der Waals surface area contributed by atoms with E-state index in [1.165, 1.54) is 0 Å². The molecular formula is C12H16O2. The second-order valence-electron chi connectivity index (χ2n) is 3.53. The van der Waals surface area contributed by atoms with E-state index in [4.69, 9.17) is 4.74 Å². The lowest BCUT2D eigenvalue weighted by Gasteiger charge is -2.11. The van der Waals surface area contributed by atoms with Crippen molar-refractivity contribution in [1.29, 1.82) is 0 Å². The van der Waals surface area contributed by atoms with E-state index in [0.29, 0.717) is 0 Å². The maximum absolute atomic E-state index is 11.1. The molecule has 2 heteroatoms. The van der Waals surface area contributed by atoms with Gasteiger partial charge in [-0.3, -0.25) is 4.79 Å². The SMILES string of the molecule is COc1ccccc1CC(C)C(C)=O. The smallest absolute Gasteiger partial charge is 0.132 e. The molecule has 0 aromatic heterocycles. The summed E-state index contributed by atoms with van der Waals surface area (Å²) < 4.78 is 5.21. The number of hydrogen-bond donors (Lipinski definition) is 0. The number of carbonyl (C=O) groups is 1. The highest BCUT2D eigenvalue weighted by molar-refractivity contribution is 5.78. The quantitative estimate of drug-likeness (QED) is 0.732. The van der Waals surface area contributed by atoms with Gasteiger partial charge in [0, 0.05) is 5.92 Å². The van der Waals surface area contributed by atoms with Crippen molar-refractivity contribution in [2.24, 2.45) is 5.92 Å². The van der Waals surface area contributed by atoms with E-state index in [9.17, 15) is 4.79 Å². The number of Topliss-reactive ketones (excluding diaryl/α,β-unsaturated/α-hetero) is 1. The molecule has 0 N–H and O–H groups in total. The van der Waals surface area contributed by atoms with E-state index in [0.717, 1.165) is 17.7 Å². The molecule has 0 fully saturated rings.